The van der Waals surface area contributed by atoms with Crippen molar-refractivity contribution < 1.29 is 8.78 Å². The number of rotatable bonds is 3. The number of halogens is 2. The van der Waals surface area contributed by atoms with Gasteiger partial charge in [-0.1, -0.05) is 12.2 Å². The standard InChI is InChI=1S/C17H16F2N4/c18-14-3-1-11(7-15(19)9-14)10-23-6-5-12-8-13(17(20)22-21)2-4-16(12)23/h1-8,14-15,20-21H,9-10H2. The highest BCUT2D eigenvalue weighted by atomic mass is 19.1. The van der Waals surface area contributed by atoms with Crippen LogP contribution in [0.4, 0.5) is 8.78 Å². The number of nitrogens with zero attached hydrogens (tertiary/aromatic N) is 2. The molecule has 1 aliphatic carbocycles. The van der Waals surface area contributed by atoms with E-state index in [9.17, 15) is 8.78 Å². The molecule has 0 spiro atoms. The maximum absolute atomic E-state index is 13.7. The Hall–Kier alpha value is -2.63. The van der Waals surface area contributed by atoms with Crippen LogP contribution >= 0.6 is 0 Å². The average molecular weight is 314 g/mol. The van der Waals surface area contributed by atoms with Gasteiger partial charge in [-0.15, -0.1) is 5.11 Å². The maximum Gasteiger partial charge on any atom is 0.173 e. The van der Waals surface area contributed by atoms with Crippen molar-refractivity contribution in [2.45, 2.75) is 25.3 Å². The van der Waals surface area contributed by atoms with Crippen molar-refractivity contribution in [1.29, 1.82) is 10.9 Å². The number of allylic oxidation sites excluding steroid dienone is 4. The zero-order chi connectivity index (χ0) is 16.4. The molecule has 6 heteroatoms. The quantitative estimate of drug-likeness (QED) is 0.474. The van der Waals surface area contributed by atoms with Gasteiger partial charge in [-0.3, -0.25) is 5.41 Å². The van der Waals surface area contributed by atoms with E-state index in [1.54, 1.807) is 18.2 Å². The lowest BCUT2D eigenvalue weighted by molar-refractivity contribution is 0.288. The van der Waals surface area contributed by atoms with Gasteiger partial charge in [-0.2, -0.15) is 0 Å². The van der Waals surface area contributed by atoms with Crippen molar-refractivity contribution in [1.82, 2.24) is 4.57 Å². The van der Waals surface area contributed by atoms with Crippen molar-refractivity contribution >= 4 is 16.7 Å². The summed E-state index contributed by atoms with van der Waals surface area (Å²) >= 11 is 0. The lowest BCUT2D eigenvalue weighted by Crippen LogP contribution is -2.04. The second kappa shape index (κ2) is 6.24. The molecule has 0 saturated heterocycles. The summed E-state index contributed by atoms with van der Waals surface area (Å²) in [5.41, 5.74) is 9.13. The third-order valence-electron chi connectivity index (χ3n) is 3.87. The van der Waals surface area contributed by atoms with Gasteiger partial charge in [0.25, 0.3) is 0 Å². The minimum absolute atomic E-state index is 0.0941. The van der Waals surface area contributed by atoms with E-state index in [1.165, 1.54) is 12.2 Å². The number of hydrogen-bond acceptors (Lipinski definition) is 2. The van der Waals surface area contributed by atoms with Crippen LogP contribution in [0.5, 0.6) is 0 Å². The summed E-state index contributed by atoms with van der Waals surface area (Å²) < 4.78 is 28.9. The van der Waals surface area contributed by atoms with Gasteiger partial charge in [0.2, 0.25) is 0 Å². The molecule has 1 aromatic carbocycles. The Labute approximate surface area is 132 Å². The normalized spacial score (nSPS) is 21.0. The molecule has 2 aromatic rings. The van der Waals surface area contributed by atoms with Crippen LogP contribution in [0.1, 0.15) is 12.0 Å². The van der Waals surface area contributed by atoms with Gasteiger partial charge < -0.3 is 4.57 Å². The van der Waals surface area contributed by atoms with Gasteiger partial charge in [0.05, 0.1) is 0 Å². The van der Waals surface area contributed by atoms with E-state index < -0.39 is 12.3 Å². The maximum atomic E-state index is 13.7. The minimum Gasteiger partial charge on any atom is -0.343 e. The van der Waals surface area contributed by atoms with Crippen molar-refractivity contribution in [2.75, 3.05) is 0 Å². The van der Waals surface area contributed by atoms with Gasteiger partial charge in [0.15, 0.2) is 5.84 Å². The first-order valence-electron chi connectivity index (χ1n) is 7.29. The first kappa shape index (κ1) is 15.3. The van der Waals surface area contributed by atoms with E-state index in [-0.39, 0.29) is 12.3 Å². The molecule has 0 radical (unpaired) electrons. The van der Waals surface area contributed by atoms with Gasteiger partial charge >= 0.3 is 0 Å². The molecular weight excluding hydrogens is 298 g/mol. The number of aromatic nitrogens is 1. The smallest absolute Gasteiger partial charge is 0.173 e. The predicted molar refractivity (Wildman–Crippen MR) is 85.5 cm³/mol. The van der Waals surface area contributed by atoms with E-state index in [1.807, 2.05) is 22.9 Å². The van der Waals surface area contributed by atoms with Gasteiger partial charge in [-0.25, -0.2) is 14.3 Å². The lowest BCUT2D eigenvalue weighted by Gasteiger charge is -2.08. The van der Waals surface area contributed by atoms with Gasteiger partial charge in [0, 0.05) is 35.6 Å². The molecule has 3 rings (SSSR count). The Morgan fingerprint density at radius 3 is 2.87 bits per heavy atom. The summed E-state index contributed by atoms with van der Waals surface area (Å²) in [4.78, 5) is 0. The monoisotopic (exact) mass is 314 g/mol. The zero-order valence-electron chi connectivity index (χ0n) is 12.3. The SMILES string of the molecule is N=NC(=N)c1ccc2c(ccn2CC2=CC(F)CC(F)C=C2)c1. The summed E-state index contributed by atoms with van der Waals surface area (Å²) in [7, 11) is 0. The molecule has 1 aromatic heterocycles. The van der Waals surface area contributed by atoms with Crippen LogP contribution in [0.2, 0.25) is 0 Å². The summed E-state index contributed by atoms with van der Waals surface area (Å²) in [6.45, 7) is 0.451. The molecule has 0 fully saturated rings. The molecule has 0 bridgehead atoms. The topological polar surface area (TPSA) is 65.0 Å². The molecule has 2 unspecified atom stereocenters. The predicted octanol–water partition coefficient (Wildman–Crippen LogP) is 4.56. The van der Waals surface area contributed by atoms with Crippen molar-refractivity contribution in [3.8, 4) is 0 Å². The Morgan fingerprint density at radius 2 is 2.09 bits per heavy atom. The lowest BCUT2D eigenvalue weighted by atomic mass is 10.1. The Balaban J connectivity index is 1.90. The van der Waals surface area contributed by atoms with E-state index in [0.29, 0.717) is 12.1 Å². The number of benzene rings is 1. The fourth-order valence-corrected chi connectivity index (χ4v) is 2.73. The second-order valence-corrected chi connectivity index (χ2v) is 5.55. The van der Waals surface area contributed by atoms with Crippen molar-refractivity contribution in [2.24, 2.45) is 5.11 Å². The summed E-state index contributed by atoms with van der Waals surface area (Å²) in [5.74, 6) is -0.0941. The highest BCUT2D eigenvalue weighted by Gasteiger charge is 2.15. The van der Waals surface area contributed by atoms with Crippen LogP contribution in [0.3, 0.4) is 0 Å². The molecule has 1 aliphatic rings. The Morgan fingerprint density at radius 1 is 1.26 bits per heavy atom. The molecule has 1 heterocycles. The fraction of sp³-hybridized carbons (Fsp3) is 0.235. The molecule has 2 N–H and O–H groups in total. The summed E-state index contributed by atoms with van der Waals surface area (Å²) in [5, 5.41) is 11.6. The fourth-order valence-electron chi connectivity index (χ4n) is 2.73. The van der Waals surface area contributed by atoms with E-state index in [0.717, 1.165) is 16.5 Å². The van der Waals surface area contributed by atoms with Crippen LogP contribution in [-0.2, 0) is 6.54 Å². The van der Waals surface area contributed by atoms with Gasteiger partial charge in [-0.05, 0) is 35.9 Å². The van der Waals surface area contributed by atoms with E-state index in [2.05, 4.69) is 5.11 Å². The van der Waals surface area contributed by atoms with Gasteiger partial charge in [0.1, 0.15) is 12.3 Å². The van der Waals surface area contributed by atoms with Crippen LogP contribution in [0.15, 0.2) is 59.4 Å². The van der Waals surface area contributed by atoms with Crippen LogP contribution in [0, 0.1) is 10.9 Å². The molecule has 2 atom stereocenters. The minimum atomic E-state index is -1.28. The number of nitrogens with one attached hydrogen (secondary N) is 2. The zero-order valence-corrected chi connectivity index (χ0v) is 12.3. The third-order valence-corrected chi connectivity index (χ3v) is 3.87. The molecule has 23 heavy (non-hydrogen) atoms. The van der Waals surface area contributed by atoms with Crippen molar-refractivity contribution in [3.05, 3.63) is 59.8 Å². The first-order valence-corrected chi connectivity index (χ1v) is 7.29. The molecule has 0 amide bonds. The Kier molecular flexibility index (Phi) is 4.14. The molecule has 0 aliphatic heterocycles. The van der Waals surface area contributed by atoms with E-state index >= 15 is 0 Å². The van der Waals surface area contributed by atoms with Crippen LogP contribution < -0.4 is 0 Å². The number of hydrogen-bond donors (Lipinski definition) is 2. The highest BCUT2D eigenvalue weighted by Crippen LogP contribution is 2.22. The van der Waals surface area contributed by atoms with E-state index in [4.69, 9.17) is 10.9 Å². The average Bonchev–Trinajstić information content (AvgIpc) is 2.85. The molecule has 0 saturated carbocycles. The van der Waals surface area contributed by atoms with Crippen molar-refractivity contribution in [3.63, 3.8) is 0 Å². The molecular formula is C17H16F2N4. The second-order valence-electron chi connectivity index (χ2n) is 5.55. The summed E-state index contributed by atoms with van der Waals surface area (Å²) in [6.07, 6.45) is 3.71. The number of fused-ring (bicyclic) bond motifs is 1. The highest BCUT2D eigenvalue weighted by molar-refractivity contribution is 5.99. The molecule has 118 valence electrons. The van der Waals surface area contributed by atoms with Crippen LogP contribution in [-0.4, -0.2) is 22.7 Å². The molecule has 4 nitrogen and oxygen atoms in total. The number of amidine groups is 1. The first-order chi connectivity index (χ1) is 11.1. The Bertz CT molecular complexity index is 819. The third kappa shape index (κ3) is 3.26. The van der Waals surface area contributed by atoms with Crippen LogP contribution in [0.25, 0.3) is 10.9 Å². The summed E-state index contributed by atoms with van der Waals surface area (Å²) in [6, 6.07) is 7.25. The number of alkyl halides is 2. The largest absolute Gasteiger partial charge is 0.343 e.